The number of hydrogen-bond acceptors (Lipinski definition) is 4. The van der Waals surface area contributed by atoms with Crippen molar-refractivity contribution >= 4 is 40.2 Å². The van der Waals surface area contributed by atoms with Gasteiger partial charge in [-0.15, -0.1) is 0 Å². The van der Waals surface area contributed by atoms with Crippen molar-refractivity contribution in [2.45, 2.75) is 26.8 Å². The van der Waals surface area contributed by atoms with Crippen molar-refractivity contribution in [3.8, 4) is 0 Å². The molecule has 1 heterocycles. The zero-order valence-electron chi connectivity index (χ0n) is 16.3. The number of aryl methyl sites for hydroxylation is 1. The van der Waals surface area contributed by atoms with Crippen LogP contribution in [0.25, 0.3) is 11.1 Å². The molecular weight excluding hydrogens is 394 g/mol. The van der Waals surface area contributed by atoms with Crippen LogP contribution in [0, 0.1) is 0 Å². The highest BCUT2D eigenvalue weighted by Crippen LogP contribution is 2.19. The fourth-order valence-electron chi connectivity index (χ4n) is 3.08. The predicted octanol–water partition coefficient (Wildman–Crippen LogP) is 3.76. The highest BCUT2D eigenvalue weighted by Gasteiger charge is 2.13. The van der Waals surface area contributed by atoms with Crippen molar-refractivity contribution in [3.05, 3.63) is 63.6 Å². The molecule has 0 aliphatic carbocycles. The summed E-state index contributed by atoms with van der Waals surface area (Å²) >= 11 is 5.90. The summed E-state index contributed by atoms with van der Waals surface area (Å²) in [5.74, 6) is -0.823. The first-order chi connectivity index (χ1) is 13.9. The second-order valence-electron chi connectivity index (χ2n) is 6.48. The molecule has 0 aliphatic heterocycles. The van der Waals surface area contributed by atoms with Crippen LogP contribution in [0.15, 0.2) is 51.7 Å². The van der Waals surface area contributed by atoms with E-state index in [0.717, 1.165) is 0 Å². The van der Waals surface area contributed by atoms with Gasteiger partial charge in [0.05, 0.1) is 5.52 Å². The maximum Gasteiger partial charge on any atom is 0.419 e. The molecule has 0 unspecified atom stereocenters. The molecule has 0 radical (unpaired) electrons. The van der Waals surface area contributed by atoms with Gasteiger partial charge in [-0.25, -0.2) is 4.79 Å². The Balaban J connectivity index is 1.62. The number of halogens is 1. The van der Waals surface area contributed by atoms with E-state index in [4.69, 9.17) is 16.0 Å². The van der Waals surface area contributed by atoms with E-state index < -0.39 is 5.76 Å². The van der Waals surface area contributed by atoms with Gasteiger partial charge in [0, 0.05) is 48.4 Å². The van der Waals surface area contributed by atoms with Gasteiger partial charge in [0.1, 0.15) is 0 Å². The lowest BCUT2D eigenvalue weighted by molar-refractivity contribution is -0.116. The minimum Gasteiger partial charge on any atom is -0.408 e. The van der Waals surface area contributed by atoms with E-state index in [1.807, 2.05) is 13.8 Å². The fraction of sp³-hybridized carbons (Fsp3) is 0.286. The number of anilines is 1. The second kappa shape index (κ2) is 8.96. The molecule has 3 rings (SSSR count). The van der Waals surface area contributed by atoms with Crippen LogP contribution in [-0.4, -0.2) is 34.4 Å². The van der Waals surface area contributed by atoms with Crippen LogP contribution in [0.1, 0.15) is 30.6 Å². The quantitative estimate of drug-likeness (QED) is 0.636. The summed E-state index contributed by atoms with van der Waals surface area (Å²) in [6, 6.07) is 11.7. The summed E-state index contributed by atoms with van der Waals surface area (Å²) < 4.78 is 6.56. The van der Waals surface area contributed by atoms with Crippen LogP contribution in [0.3, 0.4) is 0 Å². The Morgan fingerprint density at radius 2 is 1.79 bits per heavy atom. The third-order valence-corrected chi connectivity index (χ3v) is 4.89. The Morgan fingerprint density at radius 3 is 2.45 bits per heavy atom. The molecule has 1 N–H and O–H groups in total. The molecule has 7 nitrogen and oxygen atoms in total. The van der Waals surface area contributed by atoms with E-state index in [1.54, 1.807) is 47.4 Å². The van der Waals surface area contributed by atoms with Gasteiger partial charge in [-0.05, 0) is 50.2 Å². The molecule has 3 aromatic rings. The zero-order chi connectivity index (χ0) is 21.0. The number of nitrogens with zero attached hydrogens (tertiary/aromatic N) is 2. The number of hydrogen-bond donors (Lipinski definition) is 1. The fourth-order valence-corrected chi connectivity index (χ4v) is 3.24. The second-order valence-corrected chi connectivity index (χ2v) is 6.92. The summed E-state index contributed by atoms with van der Waals surface area (Å²) in [5.41, 5.74) is 2.13. The van der Waals surface area contributed by atoms with Crippen LogP contribution in [-0.2, 0) is 11.3 Å². The molecule has 152 valence electrons. The number of aromatic nitrogens is 1. The molecule has 0 bridgehead atoms. The van der Waals surface area contributed by atoms with Gasteiger partial charge in [-0.3, -0.25) is 14.2 Å². The van der Waals surface area contributed by atoms with Crippen molar-refractivity contribution in [3.63, 3.8) is 0 Å². The lowest BCUT2D eigenvalue weighted by Gasteiger charge is -2.18. The Bertz CT molecular complexity index is 1080. The van der Waals surface area contributed by atoms with E-state index >= 15 is 0 Å². The first kappa shape index (κ1) is 20.7. The van der Waals surface area contributed by atoms with Crippen LogP contribution in [0.5, 0.6) is 0 Å². The standard InChI is InChI=1S/C21H22ClN3O4/c1-3-24(4-2)20(27)14-5-8-16(9-6-14)23-19(26)11-12-25-17-10-7-15(22)13-18(17)29-21(25)28/h5-10,13H,3-4,11-12H2,1-2H3,(H,23,26). The molecule has 0 saturated heterocycles. The number of carbonyl (C=O) groups is 2. The van der Waals surface area contributed by atoms with Gasteiger partial charge in [0.25, 0.3) is 5.91 Å². The van der Waals surface area contributed by atoms with Crippen LogP contribution >= 0.6 is 11.6 Å². The summed E-state index contributed by atoms with van der Waals surface area (Å²) in [7, 11) is 0. The lowest BCUT2D eigenvalue weighted by Crippen LogP contribution is -2.30. The minimum atomic E-state index is -0.533. The first-order valence-corrected chi connectivity index (χ1v) is 9.78. The summed E-state index contributed by atoms with van der Waals surface area (Å²) in [4.78, 5) is 38.3. The van der Waals surface area contributed by atoms with Gasteiger partial charge < -0.3 is 14.6 Å². The van der Waals surface area contributed by atoms with E-state index in [1.165, 1.54) is 4.57 Å². The van der Waals surface area contributed by atoms with E-state index in [0.29, 0.717) is 40.5 Å². The summed E-state index contributed by atoms with van der Waals surface area (Å²) in [5, 5.41) is 3.24. The Kier molecular flexibility index (Phi) is 6.39. The van der Waals surface area contributed by atoms with E-state index in [9.17, 15) is 14.4 Å². The number of amides is 2. The molecule has 8 heteroatoms. The van der Waals surface area contributed by atoms with Crippen molar-refractivity contribution in [2.75, 3.05) is 18.4 Å². The van der Waals surface area contributed by atoms with Crippen molar-refractivity contribution in [1.29, 1.82) is 0 Å². The lowest BCUT2D eigenvalue weighted by atomic mass is 10.1. The Hall–Kier alpha value is -3.06. The normalized spacial score (nSPS) is 10.9. The number of benzene rings is 2. The topological polar surface area (TPSA) is 84.5 Å². The van der Waals surface area contributed by atoms with Crippen molar-refractivity contribution < 1.29 is 14.0 Å². The largest absolute Gasteiger partial charge is 0.419 e. The van der Waals surface area contributed by atoms with Gasteiger partial charge in [0.2, 0.25) is 5.91 Å². The molecule has 0 aliphatic rings. The summed E-state index contributed by atoms with van der Waals surface area (Å²) in [6.45, 7) is 5.32. The van der Waals surface area contributed by atoms with Gasteiger partial charge in [0.15, 0.2) is 5.58 Å². The number of oxazole rings is 1. The molecule has 29 heavy (non-hydrogen) atoms. The van der Waals surface area contributed by atoms with Crippen molar-refractivity contribution in [2.24, 2.45) is 0 Å². The zero-order valence-corrected chi connectivity index (χ0v) is 17.0. The van der Waals surface area contributed by atoms with Gasteiger partial charge in [-0.1, -0.05) is 11.6 Å². The molecule has 0 saturated carbocycles. The number of nitrogens with one attached hydrogen (secondary N) is 1. The highest BCUT2D eigenvalue weighted by molar-refractivity contribution is 6.31. The summed E-state index contributed by atoms with van der Waals surface area (Å²) in [6.07, 6.45) is 0.0945. The molecule has 0 atom stereocenters. The molecule has 1 aromatic heterocycles. The van der Waals surface area contributed by atoms with Crippen LogP contribution in [0.4, 0.5) is 5.69 Å². The smallest absolute Gasteiger partial charge is 0.408 e. The van der Waals surface area contributed by atoms with E-state index in [2.05, 4.69) is 5.32 Å². The third-order valence-electron chi connectivity index (χ3n) is 4.66. The van der Waals surface area contributed by atoms with Crippen LogP contribution < -0.4 is 11.1 Å². The predicted molar refractivity (Wildman–Crippen MR) is 112 cm³/mol. The minimum absolute atomic E-state index is 0.0424. The maximum atomic E-state index is 12.3. The SMILES string of the molecule is CCN(CC)C(=O)c1ccc(NC(=O)CCn2c(=O)oc3cc(Cl)ccc32)cc1. The first-order valence-electron chi connectivity index (χ1n) is 9.41. The Labute approximate surface area is 172 Å². The third kappa shape index (κ3) is 4.68. The molecule has 0 fully saturated rings. The molecular formula is C21H22ClN3O4. The number of carbonyl (C=O) groups excluding carboxylic acids is 2. The average Bonchev–Trinajstić information content (AvgIpc) is 3.01. The van der Waals surface area contributed by atoms with Gasteiger partial charge >= 0.3 is 5.76 Å². The van der Waals surface area contributed by atoms with E-state index in [-0.39, 0.29) is 24.8 Å². The molecule has 2 aromatic carbocycles. The monoisotopic (exact) mass is 415 g/mol. The van der Waals surface area contributed by atoms with Crippen molar-refractivity contribution in [1.82, 2.24) is 9.47 Å². The number of fused-ring (bicyclic) bond motifs is 1. The van der Waals surface area contributed by atoms with Crippen LogP contribution in [0.2, 0.25) is 5.02 Å². The average molecular weight is 416 g/mol. The molecule has 2 amide bonds. The van der Waals surface area contributed by atoms with Gasteiger partial charge in [-0.2, -0.15) is 0 Å². The maximum absolute atomic E-state index is 12.3. The number of rotatable bonds is 7. The molecule has 0 spiro atoms. The Morgan fingerprint density at radius 1 is 1.10 bits per heavy atom. The highest BCUT2D eigenvalue weighted by atomic mass is 35.5.